The number of halogens is 5. The van der Waals surface area contributed by atoms with Crippen molar-refractivity contribution in [3.8, 4) is 0 Å². The third-order valence-corrected chi connectivity index (χ3v) is 20.1. The quantitative estimate of drug-likeness (QED) is 0.0473. The Morgan fingerprint density at radius 2 is 0.739 bits per heavy atom. The monoisotopic (exact) mass is 1590 g/mol. The summed E-state index contributed by atoms with van der Waals surface area (Å²) in [5, 5.41) is 1.63. The van der Waals surface area contributed by atoms with Crippen molar-refractivity contribution in [1.82, 2.24) is 43.4 Å². The molecule has 9 aromatic heterocycles. The fraction of sp³-hybridized carbons (Fsp3) is 0.267. The number of aromatic nitrogens is 6. The lowest BCUT2D eigenvalue weighted by Crippen LogP contribution is -2.43. The minimum absolute atomic E-state index is 0.00903. The average molecular weight is 1590 g/mol. The number of hydrogen-bond donors (Lipinski definition) is 3. The highest BCUT2D eigenvalue weighted by molar-refractivity contribution is 6.30. The molecule has 9 heterocycles. The van der Waals surface area contributed by atoms with E-state index in [2.05, 4.69) is 0 Å². The summed E-state index contributed by atoms with van der Waals surface area (Å²) in [5.41, 5.74) is 22.9. The molecule has 0 saturated carbocycles. The minimum atomic E-state index is -0.743. The molecule has 0 spiro atoms. The first-order valence-corrected chi connectivity index (χ1v) is 37.7. The van der Waals surface area contributed by atoms with Gasteiger partial charge in [-0.2, -0.15) is 0 Å². The van der Waals surface area contributed by atoms with Crippen LogP contribution in [0.3, 0.4) is 0 Å². The Labute approximate surface area is 659 Å². The maximum Gasteiger partial charge on any atom is 0.297 e. The molecule has 3 atom stereocenters. The predicted octanol–water partition coefficient (Wildman–Crippen LogP) is 15.6. The summed E-state index contributed by atoms with van der Waals surface area (Å²) >= 11 is 6.04. The van der Waals surface area contributed by atoms with E-state index in [9.17, 15) is 46.3 Å². The zero-order valence-corrected chi connectivity index (χ0v) is 64.9. The molecular formula is C86H83ClF4N12O12. The molecule has 0 aliphatic heterocycles. The van der Waals surface area contributed by atoms with Gasteiger partial charge in [-0.1, -0.05) is 76.9 Å². The Bertz CT molecular complexity index is 5980. The third-order valence-electron chi connectivity index (χ3n) is 19.9. The Kier molecular flexibility index (Phi) is 24.1. The van der Waals surface area contributed by atoms with E-state index in [4.69, 9.17) is 70.3 Å². The van der Waals surface area contributed by atoms with Crippen LogP contribution in [0.1, 0.15) is 136 Å². The smallest absolute Gasteiger partial charge is 0.297 e. The average Bonchev–Trinajstić information content (AvgIpc) is 1.57. The molecule has 6 aromatic carbocycles. The summed E-state index contributed by atoms with van der Waals surface area (Å²) < 4.78 is 94.5. The number of amides is 3. The van der Waals surface area contributed by atoms with Gasteiger partial charge in [0, 0.05) is 93.8 Å². The predicted molar refractivity (Wildman–Crippen MR) is 427 cm³/mol. The van der Waals surface area contributed by atoms with Gasteiger partial charge in [0.05, 0.1) is 75.3 Å². The van der Waals surface area contributed by atoms with Crippen molar-refractivity contribution in [3.63, 3.8) is 0 Å². The maximum atomic E-state index is 14.4. The Morgan fingerprint density at radius 3 is 1.03 bits per heavy atom. The molecule has 0 aliphatic carbocycles. The molecule has 0 radical (unpaired) electrons. The molecule has 15 rings (SSSR count). The first kappa shape index (κ1) is 80.5. The molecule has 0 bridgehead atoms. The molecule has 0 saturated heterocycles. The molecule has 15 aromatic rings. The van der Waals surface area contributed by atoms with E-state index in [0.29, 0.717) is 71.8 Å². The highest BCUT2D eigenvalue weighted by atomic mass is 35.5. The summed E-state index contributed by atoms with van der Waals surface area (Å²) in [7, 11) is 0. The molecule has 29 heteroatoms. The van der Waals surface area contributed by atoms with E-state index in [-0.39, 0.29) is 133 Å². The second kappa shape index (κ2) is 34.5. The Balaban J connectivity index is 0.000000150. The fourth-order valence-electron chi connectivity index (χ4n) is 14.4. The van der Waals surface area contributed by atoms with E-state index < -0.39 is 64.0 Å². The van der Waals surface area contributed by atoms with Gasteiger partial charge < -0.3 is 58.4 Å². The van der Waals surface area contributed by atoms with Gasteiger partial charge in [0.1, 0.15) is 74.0 Å². The number of rotatable bonds is 24. The number of carbonyl (C=O) groups is 3. The van der Waals surface area contributed by atoms with Gasteiger partial charge in [-0.25, -0.2) is 32.5 Å². The fourth-order valence-corrected chi connectivity index (χ4v) is 14.5. The van der Waals surface area contributed by atoms with Crippen molar-refractivity contribution in [3.05, 3.63) is 298 Å². The van der Waals surface area contributed by atoms with Gasteiger partial charge in [0.25, 0.3) is 34.4 Å². The summed E-state index contributed by atoms with van der Waals surface area (Å²) in [6.45, 7) is 16.6. The van der Waals surface area contributed by atoms with Crippen molar-refractivity contribution in [2.45, 2.75) is 93.1 Å². The zero-order chi connectivity index (χ0) is 81.8. The molecule has 24 nitrogen and oxygen atoms in total. The van der Waals surface area contributed by atoms with E-state index in [1.807, 2.05) is 60.6 Å². The van der Waals surface area contributed by atoms with Crippen molar-refractivity contribution >= 4 is 95.5 Å². The van der Waals surface area contributed by atoms with Crippen molar-refractivity contribution in [2.24, 2.45) is 35.0 Å². The largest absolute Gasteiger partial charge is 0.472 e. The van der Waals surface area contributed by atoms with Crippen LogP contribution in [-0.4, -0.2) is 100 Å². The second-order valence-electron chi connectivity index (χ2n) is 29.0. The summed E-state index contributed by atoms with van der Waals surface area (Å²) in [5.74, 6) is -2.50. The molecule has 594 valence electrons. The summed E-state index contributed by atoms with van der Waals surface area (Å²) in [6, 6.07) is 33.4. The maximum absolute atomic E-state index is 14.4. The van der Waals surface area contributed by atoms with Crippen LogP contribution >= 0.6 is 11.6 Å². The van der Waals surface area contributed by atoms with Crippen LogP contribution < -0.4 is 33.9 Å². The highest BCUT2D eigenvalue weighted by Crippen LogP contribution is 2.38. The number of carbonyl (C=O) groups excluding carboxylic acids is 3. The van der Waals surface area contributed by atoms with Gasteiger partial charge in [0.2, 0.25) is 16.7 Å². The SMILES string of the molecule is CC(C)[C@H](c1nc2c(oc3ccc(F)cc32)c(=O)n1Cc1ccoc1)N(CCN)C(=O)c1ccc(Cl)cc1.Cc1ccc(C(=O)N(CCN)[C@@H](c2nc3c(oc4ccc(F)cc43)c(=O)n2Cc2ccoc2)C(C)C)cc1.Cc1ccc(C(=O)N(CCN)[C@@H](c2nc3c(oc4ccc(F)cc43)c(=O)n2Cc2ccoc2)C(C)C)cc1F. The number of aryl methyl sites for hydroxylation is 2. The lowest BCUT2D eigenvalue weighted by atomic mass is 9.99. The van der Waals surface area contributed by atoms with Crippen LogP contribution in [0.4, 0.5) is 17.6 Å². The van der Waals surface area contributed by atoms with Crippen LogP contribution in [-0.2, 0) is 19.6 Å². The van der Waals surface area contributed by atoms with E-state index in [1.165, 1.54) is 111 Å². The van der Waals surface area contributed by atoms with Crippen molar-refractivity contribution < 1.29 is 58.4 Å². The zero-order valence-electron chi connectivity index (χ0n) is 64.1. The van der Waals surface area contributed by atoms with Crippen molar-refractivity contribution in [1.29, 1.82) is 0 Å². The van der Waals surface area contributed by atoms with E-state index >= 15 is 0 Å². The third kappa shape index (κ3) is 16.7. The van der Waals surface area contributed by atoms with E-state index in [0.717, 1.165) is 16.7 Å². The molecule has 0 unspecified atom stereocenters. The van der Waals surface area contributed by atoms with Crippen LogP contribution in [0.25, 0.3) is 66.2 Å². The molecule has 6 N–H and O–H groups in total. The highest BCUT2D eigenvalue weighted by Gasteiger charge is 2.38. The van der Waals surface area contributed by atoms with Gasteiger partial charge in [-0.3, -0.25) is 42.5 Å². The number of benzene rings is 6. The Morgan fingerprint density at radius 1 is 0.426 bits per heavy atom. The summed E-state index contributed by atoms with van der Waals surface area (Å²) in [4.78, 5) is 102. The van der Waals surface area contributed by atoms with Crippen LogP contribution in [0, 0.1) is 54.9 Å². The first-order valence-electron chi connectivity index (χ1n) is 37.3. The lowest BCUT2D eigenvalue weighted by Gasteiger charge is -2.35. The van der Waals surface area contributed by atoms with Crippen LogP contribution in [0.5, 0.6) is 0 Å². The standard InChI is InChI=1S/C29H28F2N4O4.C29H29FN4O4.C28H26ClFN4O4/c1-16(2)25(34(10-9-32)28(36)19-5-4-17(3)22(31)12-19)27-33-24-21-13-20(30)6-7-23(21)39-26(24)29(37)35(27)14-18-8-11-38-15-18;1-17(2)25(33(12-11-31)28(35)20-6-4-18(3)5-7-20)27-32-24-22-14-21(30)8-9-23(22)38-26(24)29(36)34(27)15-19-10-13-37-16-19;1-16(2)24(33(11-10-31)27(35)18-3-5-19(29)6-4-18)26-32-23-21-13-20(30)7-8-22(21)38-25(23)28(36)34(26)14-17-9-12-37-15-17/h4-8,11-13,15-16,25H,9-10,14,32H2,1-3H3;4-10,13-14,16-17,25H,11-12,15,31H2,1-3H3;3-9,12-13,15-16,24H,10-11,14,31H2,1-2H3/t2*25-;24-/m111/s1. The molecule has 3 amide bonds. The Hall–Kier alpha value is -12.5. The number of nitrogens with zero attached hydrogens (tertiary/aromatic N) is 9. The lowest BCUT2D eigenvalue weighted by molar-refractivity contribution is 0.0606. The number of hydrogen-bond acceptors (Lipinski definition) is 18. The number of nitrogens with two attached hydrogens (primary N) is 3. The van der Waals surface area contributed by atoms with Crippen LogP contribution in [0.15, 0.2) is 218 Å². The molecular weight excluding hydrogens is 1500 g/mol. The molecule has 0 aliphatic rings. The summed E-state index contributed by atoms with van der Waals surface area (Å²) in [6.07, 6.45) is 9.13. The molecule has 115 heavy (non-hydrogen) atoms. The van der Waals surface area contributed by atoms with Gasteiger partial charge in [-0.15, -0.1) is 0 Å². The molecule has 0 fully saturated rings. The second-order valence-corrected chi connectivity index (χ2v) is 29.4. The topological polar surface area (TPSA) is 322 Å². The number of furan rings is 6. The van der Waals surface area contributed by atoms with Crippen molar-refractivity contribution in [2.75, 3.05) is 39.3 Å². The number of fused-ring (bicyclic) bond motifs is 9. The van der Waals surface area contributed by atoms with Crippen LogP contribution in [0.2, 0.25) is 5.02 Å². The van der Waals surface area contributed by atoms with Gasteiger partial charge >= 0.3 is 0 Å². The van der Waals surface area contributed by atoms with Gasteiger partial charge in [0.15, 0.2) is 0 Å². The van der Waals surface area contributed by atoms with Gasteiger partial charge in [-0.05, 0) is 158 Å². The normalized spacial score (nSPS) is 12.5. The first-order chi connectivity index (χ1) is 55.2. The minimum Gasteiger partial charge on any atom is -0.472 e. The van der Waals surface area contributed by atoms with E-state index in [1.54, 1.807) is 89.7 Å².